The van der Waals surface area contributed by atoms with Gasteiger partial charge in [0.15, 0.2) is 0 Å². The van der Waals surface area contributed by atoms with Crippen LogP contribution >= 0.6 is 0 Å². The van der Waals surface area contributed by atoms with Crippen molar-refractivity contribution in [2.45, 2.75) is 12.8 Å². The number of carboxylic acids is 1. The third kappa shape index (κ3) is 4.44. The third-order valence-electron chi connectivity index (χ3n) is 2.63. The van der Waals surface area contributed by atoms with Crippen LogP contribution in [0.3, 0.4) is 0 Å². The van der Waals surface area contributed by atoms with Crippen LogP contribution in [0.4, 0.5) is 5.69 Å². The number of ether oxygens (including phenoxy) is 1. The minimum atomic E-state index is -3.52. The molecule has 7 heteroatoms. The molecule has 0 saturated carbocycles. The predicted molar refractivity (Wildman–Crippen MR) is 72.1 cm³/mol. The molecule has 0 unspecified atom stereocenters. The molecule has 106 valence electrons. The lowest BCUT2D eigenvalue weighted by atomic mass is 10.3. The summed E-state index contributed by atoms with van der Waals surface area (Å²) in [5, 5.41) is 8.51. The van der Waals surface area contributed by atoms with E-state index in [1.54, 1.807) is 24.3 Å². The van der Waals surface area contributed by atoms with E-state index in [1.807, 2.05) is 0 Å². The lowest BCUT2D eigenvalue weighted by molar-refractivity contribution is -0.137. The molecule has 19 heavy (non-hydrogen) atoms. The molecule has 0 fully saturated rings. The minimum Gasteiger partial charge on any atom is -0.497 e. The van der Waals surface area contributed by atoms with Crippen LogP contribution in [0.5, 0.6) is 5.75 Å². The Morgan fingerprint density at radius 3 is 2.68 bits per heavy atom. The van der Waals surface area contributed by atoms with E-state index in [2.05, 4.69) is 0 Å². The van der Waals surface area contributed by atoms with E-state index >= 15 is 0 Å². The van der Waals surface area contributed by atoms with Crippen LogP contribution in [0.25, 0.3) is 0 Å². The number of nitrogens with zero attached hydrogens (tertiary/aromatic N) is 1. The summed E-state index contributed by atoms with van der Waals surface area (Å²) in [7, 11) is -0.584. The molecule has 6 nitrogen and oxygen atoms in total. The van der Waals surface area contributed by atoms with Crippen molar-refractivity contribution < 1.29 is 23.1 Å². The van der Waals surface area contributed by atoms with Crippen LogP contribution in [0, 0.1) is 0 Å². The fourth-order valence-corrected chi connectivity index (χ4v) is 2.73. The van der Waals surface area contributed by atoms with Crippen LogP contribution in [0.1, 0.15) is 12.8 Å². The first kappa shape index (κ1) is 15.3. The Bertz CT molecular complexity index is 541. The van der Waals surface area contributed by atoms with E-state index in [0.29, 0.717) is 11.4 Å². The van der Waals surface area contributed by atoms with E-state index in [9.17, 15) is 13.2 Å². The zero-order chi connectivity index (χ0) is 14.5. The molecule has 0 radical (unpaired) electrons. The minimum absolute atomic E-state index is 0.0893. The molecule has 0 heterocycles. The molecule has 1 N–H and O–H groups in total. The Labute approximate surface area is 112 Å². The Morgan fingerprint density at radius 2 is 2.11 bits per heavy atom. The summed E-state index contributed by atoms with van der Waals surface area (Å²) in [6.07, 6.45) is -0.0723. The fraction of sp³-hybridized carbons (Fsp3) is 0.417. The van der Waals surface area contributed by atoms with E-state index in [-0.39, 0.29) is 18.6 Å². The monoisotopic (exact) mass is 287 g/mol. The molecule has 0 aliphatic carbocycles. The van der Waals surface area contributed by atoms with Gasteiger partial charge in [0.05, 0.1) is 18.6 Å². The van der Waals surface area contributed by atoms with E-state index in [1.165, 1.54) is 14.2 Å². The molecular weight excluding hydrogens is 270 g/mol. The number of hydrogen-bond donors (Lipinski definition) is 1. The number of hydrogen-bond acceptors (Lipinski definition) is 4. The second-order valence-corrected chi connectivity index (χ2v) is 6.10. The van der Waals surface area contributed by atoms with Crippen molar-refractivity contribution in [3.63, 3.8) is 0 Å². The smallest absolute Gasteiger partial charge is 0.303 e. The lowest BCUT2D eigenvalue weighted by Crippen LogP contribution is -2.29. The van der Waals surface area contributed by atoms with Gasteiger partial charge in [-0.25, -0.2) is 8.42 Å². The van der Waals surface area contributed by atoms with Crippen LogP contribution in [0.2, 0.25) is 0 Å². The van der Waals surface area contributed by atoms with Gasteiger partial charge in [-0.05, 0) is 18.6 Å². The van der Waals surface area contributed by atoms with Crippen LogP contribution in [0.15, 0.2) is 24.3 Å². The van der Waals surface area contributed by atoms with Crippen molar-refractivity contribution in [1.29, 1.82) is 0 Å². The summed E-state index contributed by atoms with van der Waals surface area (Å²) in [4.78, 5) is 10.4. The van der Waals surface area contributed by atoms with E-state index in [4.69, 9.17) is 9.84 Å². The number of methoxy groups -OCH3 is 1. The molecule has 1 rings (SSSR count). The number of carboxylic acid groups (broad SMARTS) is 1. The number of rotatable bonds is 7. The second-order valence-electron chi connectivity index (χ2n) is 3.98. The molecule has 1 aromatic rings. The first-order valence-corrected chi connectivity index (χ1v) is 7.30. The number of benzene rings is 1. The zero-order valence-corrected chi connectivity index (χ0v) is 11.7. The van der Waals surface area contributed by atoms with Crippen molar-refractivity contribution in [3.8, 4) is 5.75 Å². The maximum atomic E-state index is 12.0. The Hall–Kier alpha value is -1.76. The highest BCUT2D eigenvalue weighted by atomic mass is 32.2. The highest BCUT2D eigenvalue weighted by Gasteiger charge is 2.18. The Morgan fingerprint density at radius 1 is 1.42 bits per heavy atom. The van der Waals surface area contributed by atoms with Gasteiger partial charge in [0, 0.05) is 19.5 Å². The predicted octanol–water partition coefficient (Wildman–Crippen LogP) is 1.33. The van der Waals surface area contributed by atoms with Crippen LogP contribution in [-0.2, 0) is 14.8 Å². The van der Waals surface area contributed by atoms with Gasteiger partial charge in [-0.2, -0.15) is 0 Å². The summed E-state index contributed by atoms with van der Waals surface area (Å²) in [5.41, 5.74) is 0.481. The van der Waals surface area contributed by atoms with Gasteiger partial charge >= 0.3 is 5.97 Å². The summed E-state index contributed by atoms with van der Waals surface area (Å²) in [6, 6.07) is 6.66. The van der Waals surface area contributed by atoms with Crippen LogP contribution in [-0.4, -0.2) is 39.4 Å². The van der Waals surface area contributed by atoms with Gasteiger partial charge in [0.25, 0.3) is 0 Å². The molecule has 0 spiro atoms. The quantitative estimate of drug-likeness (QED) is 0.817. The number of sulfonamides is 1. The van der Waals surface area contributed by atoms with Crippen molar-refractivity contribution >= 4 is 21.7 Å². The van der Waals surface area contributed by atoms with E-state index in [0.717, 1.165) is 4.31 Å². The second kappa shape index (κ2) is 6.42. The van der Waals surface area contributed by atoms with Crippen molar-refractivity contribution in [2.24, 2.45) is 0 Å². The molecule has 0 bridgehead atoms. The molecule has 0 amide bonds. The van der Waals surface area contributed by atoms with Crippen LogP contribution < -0.4 is 9.04 Å². The number of carbonyl (C=O) groups is 1. The SMILES string of the molecule is COc1cccc(N(C)S(=O)(=O)CCCC(=O)O)c1. The molecule has 0 aromatic heterocycles. The largest absolute Gasteiger partial charge is 0.497 e. The molecular formula is C12H17NO5S. The molecule has 0 saturated heterocycles. The van der Waals surface area contributed by atoms with Gasteiger partial charge in [0.2, 0.25) is 10.0 Å². The molecule has 0 aliphatic rings. The summed E-state index contributed by atoms with van der Waals surface area (Å²) >= 11 is 0. The standard InChI is InChI=1S/C12H17NO5S/c1-13(10-5-3-6-11(9-10)18-2)19(16,17)8-4-7-12(14)15/h3,5-6,9H,4,7-8H2,1-2H3,(H,14,15). The van der Waals surface area contributed by atoms with E-state index < -0.39 is 16.0 Å². The lowest BCUT2D eigenvalue weighted by Gasteiger charge is -2.19. The average molecular weight is 287 g/mol. The first-order chi connectivity index (χ1) is 8.86. The van der Waals surface area contributed by atoms with Crippen molar-refractivity contribution in [1.82, 2.24) is 0 Å². The zero-order valence-electron chi connectivity index (χ0n) is 10.9. The Kier molecular flexibility index (Phi) is 5.17. The van der Waals surface area contributed by atoms with Gasteiger partial charge in [-0.3, -0.25) is 9.10 Å². The van der Waals surface area contributed by atoms with Gasteiger partial charge in [0.1, 0.15) is 5.75 Å². The maximum Gasteiger partial charge on any atom is 0.303 e. The summed E-state index contributed by atoms with van der Waals surface area (Å²) in [6.45, 7) is 0. The molecule has 1 aromatic carbocycles. The normalized spacial score (nSPS) is 11.1. The number of aliphatic carboxylic acids is 1. The molecule has 0 aliphatic heterocycles. The summed E-state index contributed by atoms with van der Waals surface area (Å²) < 4.78 is 30.2. The highest BCUT2D eigenvalue weighted by molar-refractivity contribution is 7.92. The summed E-state index contributed by atoms with van der Waals surface area (Å²) in [5.74, 6) is -0.642. The van der Waals surface area contributed by atoms with Gasteiger partial charge in [-0.15, -0.1) is 0 Å². The fourth-order valence-electron chi connectivity index (χ4n) is 1.51. The third-order valence-corrected chi connectivity index (χ3v) is 4.48. The van der Waals surface area contributed by atoms with Crippen molar-refractivity contribution in [3.05, 3.63) is 24.3 Å². The number of anilines is 1. The highest BCUT2D eigenvalue weighted by Crippen LogP contribution is 2.22. The van der Waals surface area contributed by atoms with Gasteiger partial charge in [-0.1, -0.05) is 6.07 Å². The maximum absolute atomic E-state index is 12.0. The van der Waals surface area contributed by atoms with Crippen molar-refractivity contribution in [2.75, 3.05) is 24.2 Å². The van der Waals surface area contributed by atoms with Gasteiger partial charge < -0.3 is 9.84 Å². The molecule has 0 atom stereocenters. The Balaban J connectivity index is 2.79. The first-order valence-electron chi connectivity index (χ1n) is 5.69. The topological polar surface area (TPSA) is 83.9 Å². The average Bonchev–Trinajstić information content (AvgIpc) is 2.37.